The van der Waals surface area contributed by atoms with E-state index in [1.54, 1.807) is 24.3 Å². The molecule has 2 aromatic rings. The van der Waals surface area contributed by atoms with Crippen LogP contribution in [0.3, 0.4) is 0 Å². The van der Waals surface area contributed by atoms with Gasteiger partial charge in [-0.15, -0.1) is 0 Å². The normalized spacial score (nSPS) is 11.9. The lowest BCUT2D eigenvalue weighted by Crippen LogP contribution is -2.53. The lowest BCUT2D eigenvalue weighted by Gasteiger charge is -2.21. The Bertz CT molecular complexity index is 988. The van der Waals surface area contributed by atoms with Crippen LogP contribution in [0, 0.1) is 0 Å². The third kappa shape index (κ3) is 11.4. The van der Waals surface area contributed by atoms with Crippen LogP contribution in [-0.2, 0) is 37.0 Å². The molecular weight excluding hydrogens is 482 g/mol. The van der Waals surface area contributed by atoms with E-state index in [-0.39, 0.29) is 19.6 Å². The fraction of sp³-hybridized carbons (Fsp3) is 0.385. The molecule has 0 aromatic heterocycles. The number of unbranched alkanes of at least 4 members (excludes halogenated alkanes) is 1. The van der Waals surface area contributed by atoms with Crippen LogP contribution in [0.15, 0.2) is 60.7 Å². The first-order valence-electron chi connectivity index (χ1n) is 11.8. The monoisotopic (exact) mass is 515 g/mol. The molecule has 0 spiro atoms. The van der Waals surface area contributed by atoms with Gasteiger partial charge in [0.05, 0.1) is 13.7 Å². The summed E-state index contributed by atoms with van der Waals surface area (Å²) in [4.78, 5) is 48.7. The molecule has 0 aliphatic heterocycles. The molecule has 11 nitrogen and oxygen atoms in total. The van der Waals surface area contributed by atoms with Crippen LogP contribution in [0.1, 0.15) is 30.4 Å². The summed E-state index contributed by atoms with van der Waals surface area (Å²) in [6.45, 7) is -0.214. The maximum atomic E-state index is 12.7. The number of nitrogens with one attached hydrogen (secondary N) is 3. The number of amides is 3. The zero-order valence-electron chi connectivity index (χ0n) is 20.7. The van der Waals surface area contributed by atoms with Gasteiger partial charge >= 0.3 is 18.2 Å². The summed E-state index contributed by atoms with van der Waals surface area (Å²) >= 11 is 0. The van der Waals surface area contributed by atoms with E-state index in [1.165, 1.54) is 0 Å². The first-order chi connectivity index (χ1) is 17.9. The van der Waals surface area contributed by atoms with Crippen LogP contribution >= 0.6 is 0 Å². The standard InChI is InChI=1S/C26H33N3O8/c1-35-24(32)22(16-30)28-23(31)21(29-26(34)37-18-20-12-6-3-7-13-20)14-8-9-15-27-25(33)36-17-19-10-4-2-5-11-19/h2-7,10-13,21-22,30H,8-9,14-18H2,1H3,(H,27,33)(H,28,31)(H,29,34)/t21-,22-/m0/s1. The second-order valence-electron chi connectivity index (χ2n) is 8.01. The molecule has 0 aliphatic rings. The summed E-state index contributed by atoms with van der Waals surface area (Å²) < 4.78 is 14.9. The van der Waals surface area contributed by atoms with Crippen LogP contribution in [0.25, 0.3) is 0 Å². The molecule has 2 aromatic carbocycles. The summed E-state index contributed by atoms with van der Waals surface area (Å²) in [7, 11) is 1.13. The molecule has 4 N–H and O–H groups in total. The number of methoxy groups -OCH3 is 1. The number of aliphatic hydroxyl groups excluding tert-OH is 1. The van der Waals surface area contributed by atoms with Gasteiger partial charge in [0.1, 0.15) is 19.3 Å². The Hall–Kier alpha value is -4.12. The Morgan fingerprint density at radius 1 is 0.784 bits per heavy atom. The Balaban J connectivity index is 1.82. The quantitative estimate of drug-likeness (QED) is 0.169. The highest BCUT2D eigenvalue weighted by molar-refractivity contribution is 5.89. The lowest BCUT2D eigenvalue weighted by atomic mass is 10.1. The molecule has 0 saturated carbocycles. The third-order valence-electron chi connectivity index (χ3n) is 5.21. The molecule has 0 radical (unpaired) electrons. The predicted molar refractivity (Wildman–Crippen MR) is 133 cm³/mol. The van der Waals surface area contributed by atoms with E-state index in [4.69, 9.17) is 9.47 Å². The SMILES string of the molecule is COC(=O)[C@H](CO)NC(=O)[C@H](CCCCNC(=O)OCc1ccccc1)NC(=O)OCc1ccccc1. The van der Waals surface area contributed by atoms with E-state index in [0.29, 0.717) is 19.4 Å². The Labute approximate surface area is 215 Å². The van der Waals surface area contributed by atoms with Crippen LogP contribution < -0.4 is 16.0 Å². The van der Waals surface area contributed by atoms with E-state index in [9.17, 15) is 24.3 Å². The molecule has 0 bridgehead atoms. The molecule has 3 amide bonds. The van der Waals surface area contributed by atoms with Crippen LogP contribution in [-0.4, -0.2) is 61.5 Å². The zero-order valence-corrected chi connectivity index (χ0v) is 20.7. The van der Waals surface area contributed by atoms with Crippen molar-refractivity contribution in [2.45, 2.75) is 44.6 Å². The smallest absolute Gasteiger partial charge is 0.408 e. The Morgan fingerprint density at radius 2 is 1.35 bits per heavy atom. The molecule has 2 atom stereocenters. The van der Waals surface area contributed by atoms with E-state index in [2.05, 4.69) is 20.7 Å². The van der Waals surface area contributed by atoms with Crippen molar-refractivity contribution in [2.75, 3.05) is 20.3 Å². The van der Waals surface area contributed by atoms with E-state index in [0.717, 1.165) is 18.2 Å². The van der Waals surface area contributed by atoms with Gasteiger partial charge in [-0.05, 0) is 30.4 Å². The fourth-order valence-corrected chi connectivity index (χ4v) is 3.21. The molecule has 0 fully saturated rings. The highest BCUT2D eigenvalue weighted by Crippen LogP contribution is 2.06. The molecule has 0 heterocycles. The second kappa shape index (κ2) is 16.5. The van der Waals surface area contributed by atoms with Gasteiger partial charge in [0.2, 0.25) is 5.91 Å². The minimum absolute atomic E-state index is 0.0114. The zero-order chi connectivity index (χ0) is 26.9. The van der Waals surface area contributed by atoms with Crippen molar-refractivity contribution >= 4 is 24.1 Å². The first kappa shape index (κ1) is 29.1. The van der Waals surface area contributed by atoms with Crippen molar-refractivity contribution in [3.05, 3.63) is 71.8 Å². The highest BCUT2D eigenvalue weighted by atomic mass is 16.6. The summed E-state index contributed by atoms with van der Waals surface area (Å²) in [6.07, 6.45) is -0.259. The lowest BCUT2D eigenvalue weighted by molar-refractivity contribution is -0.146. The van der Waals surface area contributed by atoms with Crippen LogP contribution in [0.5, 0.6) is 0 Å². The van der Waals surface area contributed by atoms with E-state index >= 15 is 0 Å². The summed E-state index contributed by atoms with van der Waals surface area (Å²) in [6, 6.07) is 16.0. The second-order valence-corrected chi connectivity index (χ2v) is 8.01. The maximum Gasteiger partial charge on any atom is 0.408 e. The van der Waals surface area contributed by atoms with Gasteiger partial charge < -0.3 is 35.3 Å². The van der Waals surface area contributed by atoms with Crippen LogP contribution in [0.2, 0.25) is 0 Å². The number of rotatable bonds is 14. The number of alkyl carbamates (subject to hydrolysis) is 2. The topological polar surface area (TPSA) is 152 Å². The van der Waals surface area contributed by atoms with Crippen molar-refractivity contribution in [2.24, 2.45) is 0 Å². The average molecular weight is 516 g/mol. The Morgan fingerprint density at radius 3 is 1.89 bits per heavy atom. The van der Waals surface area contributed by atoms with Crippen LogP contribution in [0.4, 0.5) is 9.59 Å². The number of benzene rings is 2. The number of esters is 1. The minimum Gasteiger partial charge on any atom is -0.467 e. The molecular formula is C26H33N3O8. The van der Waals surface area contributed by atoms with Crippen molar-refractivity contribution in [1.82, 2.24) is 16.0 Å². The number of hydrogen-bond acceptors (Lipinski definition) is 8. The largest absolute Gasteiger partial charge is 0.467 e. The summed E-state index contributed by atoms with van der Waals surface area (Å²) in [5, 5.41) is 16.9. The number of hydrogen-bond donors (Lipinski definition) is 4. The van der Waals surface area contributed by atoms with Gasteiger partial charge in [0.25, 0.3) is 0 Å². The molecule has 2 rings (SSSR count). The number of carbonyl (C=O) groups is 4. The molecule has 11 heteroatoms. The van der Waals surface area contributed by atoms with Crippen molar-refractivity contribution in [1.29, 1.82) is 0 Å². The number of carbonyl (C=O) groups excluding carboxylic acids is 4. The molecule has 37 heavy (non-hydrogen) atoms. The van der Waals surface area contributed by atoms with E-state index in [1.807, 2.05) is 36.4 Å². The van der Waals surface area contributed by atoms with Gasteiger partial charge in [0.15, 0.2) is 6.04 Å². The minimum atomic E-state index is -1.27. The summed E-state index contributed by atoms with van der Waals surface area (Å²) in [5.74, 6) is -1.50. The Kier molecular flexibility index (Phi) is 13.0. The van der Waals surface area contributed by atoms with Crippen molar-refractivity contribution < 1.29 is 38.5 Å². The third-order valence-corrected chi connectivity index (χ3v) is 5.21. The molecule has 0 unspecified atom stereocenters. The van der Waals surface area contributed by atoms with Gasteiger partial charge in [-0.2, -0.15) is 0 Å². The average Bonchev–Trinajstić information content (AvgIpc) is 2.93. The molecule has 0 saturated heterocycles. The van der Waals surface area contributed by atoms with Crippen molar-refractivity contribution in [3.8, 4) is 0 Å². The fourth-order valence-electron chi connectivity index (χ4n) is 3.21. The van der Waals surface area contributed by atoms with Gasteiger partial charge in [0, 0.05) is 6.54 Å². The van der Waals surface area contributed by atoms with Gasteiger partial charge in [-0.1, -0.05) is 60.7 Å². The van der Waals surface area contributed by atoms with E-state index < -0.39 is 42.8 Å². The van der Waals surface area contributed by atoms with Gasteiger partial charge in [-0.25, -0.2) is 14.4 Å². The first-order valence-corrected chi connectivity index (χ1v) is 11.8. The number of aliphatic hydroxyl groups is 1. The maximum absolute atomic E-state index is 12.7. The molecule has 200 valence electrons. The summed E-state index contributed by atoms with van der Waals surface area (Å²) in [5.41, 5.74) is 1.64. The predicted octanol–water partition coefficient (Wildman–Crippen LogP) is 2.03. The number of ether oxygens (including phenoxy) is 3. The van der Waals surface area contributed by atoms with Crippen molar-refractivity contribution in [3.63, 3.8) is 0 Å². The highest BCUT2D eigenvalue weighted by Gasteiger charge is 2.27. The molecule has 0 aliphatic carbocycles. The van der Waals surface area contributed by atoms with Gasteiger partial charge in [-0.3, -0.25) is 4.79 Å².